The molecule has 0 radical (unpaired) electrons. The smallest absolute Gasteiger partial charge is 0.264 e. The number of carbonyl (C=O) groups is 1. The Morgan fingerprint density at radius 1 is 1.67 bits per heavy atom. The van der Waals surface area contributed by atoms with Gasteiger partial charge in [0.15, 0.2) is 5.17 Å². The van der Waals surface area contributed by atoms with Crippen molar-refractivity contribution in [2.24, 2.45) is 7.05 Å². The van der Waals surface area contributed by atoms with E-state index in [4.69, 9.17) is 5.41 Å². The van der Waals surface area contributed by atoms with Gasteiger partial charge in [0.2, 0.25) is 0 Å². The van der Waals surface area contributed by atoms with Crippen molar-refractivity contribution in [3.8, 4) is 0 Å². The monoisotopic (exact) mass is 222 g/mol. The topological polar surface area (TPSA) is 70.8 Å². The van der Waals surface area contributed by atoms with Gasteiger partial charge in [-0.05, 0) is 30.8 Å². The highest BCUT2D eigenvalue weighted by molar-refractivity contribution is 8.18. The lowest BCUT2D eigenvalue weighted by molar-refractivity contribution is -0.115. The first-order chi connectivity index (χ1) is 7.06. The summed E-state index contributed by atoms with van der Waals surface area (Å²) in [4.78, 5) is 11.9. The Kier molecular flexibility index (Phi) is 2.36. The SMILES string of the molecule is Cc1cc(C=C2SC(=N)NC2=O)n(C)n1. The van der Waals surface area contributed by atoms with E-state index in [1.54, 1.807) is 10.8 Å². The highest BCUT2D eigenvalue weighted by Crippen LogP contribution is 2.24. The summed E-state index contributed by atoms with van der Waals surface area (Å²) in [7, 11) is 1.82. The van der Waals surface area contributed by atoms with E-state index in [-0.39, 0.29) is 11.1 Å². The molecule has 1 fully saturated rings. The predicted molar refractivity (Wildman–Crippen MR) is 59.4 cm³/mol. The van der Waals surface area contributed by atoms with E-state index in [1.165, 1.54) is 0 Å². The zero-order chi connectivity index (χ0) is 11.0. The molecule has 1 amide bonds. The van der Waals surface area contributed by atoms with Crippen LogP contribution < -0.4 is 5.32 Å². The lowest BCUT2D eigenvalue weighted by atomic mass is 10.3. The maximum absolute atomic E-state index is 11.3. The minimum Gasteiger partial charge on any atom is -0.301 e. The zero-order valence-electron chi connectivity index (χ0n) is 8.37. The first kappa shape index (κ1) is 9.97. The molecule has 0 saturated carbocycles. The first-order valence-corrected chi connectivity index (χ1v) is 5.18. The Labute approximate surface area is 91.1 Å². The van der Waals surface area contributed by atoms with Crippen LogP contribution in [0.3, 0.4) is 0 Å². The molecule has 0 unspecified atom stereocenters. The van der Waals surface area contributed by atoms with Crippen LogP contribution in [0.5, 0.6) is 0 Å². The van der Waals surface area contributed by atoms with Crippen LogP contribution in [-0.4, -0.2) is 20.9 Å². The maximum atomic E-state index is 11.3. The Balaban J connectivity index is 2.34. The molecule has 0 atom stereocenters. The molecule has 1 aromatic rings. The lowest BCUT2D eigenvalue weighted by Crippen LogP contribution is -2.18. The number of thioether (sulfide) groups is 1. The molecule has 1 aromatic heterocycles. The second-order valence-electron chi connectivity index (χ2n) is 3.23. The molecular weight excluding hydrogens is 212 g/mol. The van der Waals surface area contributed by atoms with Crippen LogP contribution in [0.15, 0.2) is 11.0 Å². The van der Waals surface area contributed by atoms with Crippen LogP contribution in [0, 0.1) is 12.3 Å². The molecule has 5 nitrogen and oxygen atoms in total. The fraction of sp³-hybridized carbons (Fsp3) is 0.222. The van der Waals surface area contributed by atoms with E-state index >= 15 is 0 Å². The number of aromatic nitrogens is 2. The van der Waals surface area contributed by atoms with Crippen LogP contribution in [0.4, 0.5) is 0 Å². The minimum absolute atomic E-state index is 0.171. The highest BCUT2D eigenvalue weighted by atomic mass is 32.2. The fourth-order valence-corrected chi connectivity index (χ4v) is 2.03. The first-order valence-electron chi connectivity index (χ1n) is 4.36. The number of carbonyl (C=O) groups excluding carboxylic acids is 1. The third kappa shape index (κ3) is 1.94. The van der Waals surface area contributed by atoms with E-state index < -0.39 is 0 Å². The summed E-state index contributed by atoms with van der Waals surface area (Å²) in [6.45, 7) is 1.89. The zero-order valence-corrected chi connectivity index (χ0v) is 9.18. The van der Waals surface area contributed by atoms with Crippen LogP contribution in [0.1, 0.15) is 11.4 Å². The summed E-state index contributed by atoms with van der Waals surface area (Å²) in [6.07, 6.45) is 1.74. The van der Waals surface area contributed by atoms with Crippen molar-refractivity contribution in [1.82, 2.24) is 15.1 Å². The third-order valence-corrected chi connectivity index (χ3v) is 2.81. The van der Waals surface area contributed by atoms with Gasteiger partial charge in [0.05, 0.1) is 16.3 Å². The largest absolute Gasteiger partial charge is 0.301 e. The van der Waals surface area contributed by atoms with Crippen molar-refractivity contribution < 1.29 is 4.79 Å². The summed E-state index contributed by atoms with van der Waals surface area (Å²) in [5, 5.41) is 14.1. The van der Waals surface area contributed by atoms with Gasteiger partial charge in [-0.25, -0.2) is 0 Å². The van der Waals surface area contributed by atoms with Gasteiger partial charge in [0, 0.05) is 7.05 Å². The van der Waals surface area contributed by atoms with Gasteiger partial charge in [-0.15, -0.1) is 0 Å². The standard InChI is InChI=1S/C9H10N4OS/c1-5-3-6(13(2)12-5)4-7-8(14)11-9(10)15-7/h3-4H,1-2H3,(H2,10,11,14). The summed E-state index contributed by atoms with van der Waals surface area (Å²) in [5.74, 6) is -0.219. The molecule has 2 rings (SSSR count). The molecule has 1 aliphatic heterocycles. The number of hydrogen-bond acceptors (Lipinski definition) is 4. The maximum Gasteiger partial charge on any atom is 0.264 e. The van der Waals surface area contributed by atoms with Crippen LogP contribution in [0.25, 0.3) is 6.08 Å². The molecular formula is C9H10N4OS. The second kappa shape index (κ2) is 3.54. The molecule has 1 aliphatic rings. The molecule has 0 aliphatic carbocycles. The molecule has 15 heavy (non-hydrogen) atoms. The molecule has 2 N–H and O–H groups in total. The van der Waals surface area contributed by atoms with Gasteiger partial charge in [-0.3, -0.25) is 14.9 Å². The van der Waals surface area contributed by atoms with Crippen molar-refractivity contribution >= 4 is 28.9 Å². The van der Waals surface area contributed by atoms with Crippen molar-refractivity contribution in [2.75, 3.05) is 0 Å². The second-order valence-corrected chi connectivity index (χ2v) is 4.28. The van der Waals surface area contributed by atoms with Crippen molar-refractivity contribution in [3.05, 3.63) is 22.4 Å². The summed E-state index contributed by atoms with van der Waals surface area (Å²) in [6, 6.07) is 1.89. The minimum atomic E-state index is -0.219. The quantitative estimate of drug-likeness (QED) is 0.692. The van der Waals surface area contributed by atoms with Crippen LogP contribution in [-0.2, 0) is 11.8 Å². The number of rotatable bonds is 1. The average Bonchev–Trinajstić information content (AvgIpc) is 2.58. The van der Waals surface area contributed by atoms with Gasteiger partial charge < -0.3 is 5.32 Å². The van der Waals surface area contributed by atoms with E-state index in [2.05, 4.69) is 10.4 Å². The fourth-order valence-electron chi connectivity index (χ4n) is 1.34. The lowest BCUT2D eigenvalue weighted by Gasteiger charge is -1.94. The Hall–Kier alpha value is -1.56. The van der Waals surface area contributed by atoms with E-state index in [0.717, 1.165) is 23.1 Å². The number of aryl methyl sites for hydroxylation is 2. The van der Waals surface area contributed by atoms with Crippen molar-refractivity contribution in [1.29, 1.82) is 5.41 Å². The third-order valence-electron chi connectivity index (χ3n) is 1.98. The normalized spacial score (nSPS) is 18.7. The summed E-state index contributed by atoms with van der Waals surface area (Å²) >= 11 is 1.13. The summed E-state index contributed by atoms with van der Waals surface area (Å²) < 4.78 is 1.71. The van der Waals surface area contributed by atoms with Crippen molar-refractivity contribution in [3.63, 3.8) is 0 Å². The Morgan fingerprint density at radius 3 is 2.87 bits per heavy atom. The van der Waals surface area contributed by atoms with Crippen LogP contribution >= 0.6 is 11.8 Å². The van der Waals surface area contributed by atoms with E-state index in [1.807, 2.05) is 20.0 Å². The molecule has 1 saturated heterocycles. The number of hydrogen-bond donors (Lipinski definition) is 2. The summed E-state index contributed by atoms with van der Waals surface area (Å²) in [5.41, 5.74) is 1.77. The molecule has 0 bridgehead atoms. The van der Waals surface area contributed by atoms with Crippen LogP contribution in [0.2, 0.25) is 0 Å². The number of amides is 1. The molecule has 78 valence electrons. The number of amidine groups is 1. The predicted octanol–water partition coefficient (Wildman–Crippen LogP) is 0.867. The highest BCUT2D eigenvalue weighted by Gasteiger charge is 2.22. The number of nitrogens with one attached hydrogen (secondary N) is 2. The van der Waals surface area contributed by atoms with Gasteiger partial charge in [0.25, 0.3) is 5.91 Å². The van der Waals surface area contributed by atoms with Crippen molar-refractivity contribution in [2.45, 2.75) is 6.92 Å². The van der Waals surface area contributed by atoms with E-state index in [0.29, 0.717) is 4.91 Å². The number of nitrogens with zero attached hydrogens (tertiary/aromatic N) is 2. The molecule has 0 spiro atoms. The Morgan fingerprint density at radius 2 is 2.40 bits per heavy atom. The molecule has 0 aromatic carbocycles. The average molecular weight is 222 g/mol. The molecule has 6 heteroatoms. The Bertz CT molecular complexity index is 474. The van der Waals surface area contributed by atoms with Gasteiger partial charge in [0.1, 0.15) is 0 Å². The van der Waals surface area contributed by atoms with Gasteiger partial charge in [-0.2, -0.15) is 5.10 Å². The van der Waals surface area contributed by atoms with Gasteiger partial charge in [-0.1, -0.05) is 0 Å². The van der Waals surface area contributed by atoms with Gasteiger partial charge >= 0.3 is 0 Å². The van der Waals surface area contributed by atoms with E-state index in [9.17, 15) is 4.79 Å². The molecule has 2 heterocycles.